The molecule has 0 aliphatic heterocycles. The quantitative estimate of drug-likeness (QED) is 0.289. The predicted molar refractivity (Wildman–Crippen MR) is 125 cm³/mol. The number of benzene rings is 3. The Bertz CT molecular complexity index is 1390. The van der Waals surface area contributed by atoms with Crippen LogP contribution in [0.15, 0.2) is 79.0 Å². The molecule has 0 saturated carbocycles. The first-order valence-electron chi connectivity index (χ1n) is 10.8. The van der Waals surface area contributed by atoms with Crippen molar-refractivity contribution in [3.05, 3.63) is 95.7 Å². The lowest BCUT2D eigenvalue weighted by Crippen LogP contribution is -2.35. The fourth-order valence-corrected chi connectivity index (χ4v) is 3.90. The van der Waals surface area contributed by atoms with E-state index in [-0.39, 0.29) is 6.07 Å². The fraction of sp³-hybridized carbons (Fsp3) is 0.185. The van der Waals surface area contributed by atoms with Gasteiger partial charge < -0.3 is 5.32 Å². The fourth-order valence-electron chi connectivity index (χ4n) is 3.90. The van der Waals surface area contributed by atoms with Crippen molar-refractivity contribution in [1.82, 2.24) is 4.98 Å². The van der Waals surface area contributed by atoms with Crippen LogP contribution in [0.25, 0.3) is 22.0 Å². The molecule has 0 aliphatic rings. The summed E-state index contributed by atoms with van der Waals surface area (Å²) in [5.41, 5.74) is -2.72. The molecule has 4 aromatic rings. The van der Waals surface area contributed by atoms with E-state index < -0.39 is 40.4 Å². The van der Waals surface area contributed by atoms with Crippen LogP contribution in [0.3, 0.4) is 0 Å². The summed E-state index contributed by atoms with van der Waals surface area (Å²) in [7, 11) is 0. The Hall–Kier alpha value is -3.88. The van der Waals surface area contributed by atoms with E-state index in [2.05, 4.69) is 10.3 Å². The first-order chi connectivity index (χ1) is 16.8. The van der Waals surface area contributed by atoms with Crippen LogP contribution >= 0.6 is 0 Å². The summed E-state index contributed by atoms with van der Waals surface area (Å²) in [6.45, 7) is 2.56. The van der Waals surface area contributed by atoms with E-state index in [1.807, 2.05) is 24.3 Å². The Morgan fingerprint density at radius 2 is 1.33 bits per heavy atom. The molecule has 36 heavy (non-hydrogen) atoms. The average Bonchev–Trinajstić information content (AvgIpc) is 2.83. The number of aromatic nitrogens is 1. The van der Waals surface area contributed by atoms with Crippen molar-refractivity contribution in [2.75, 3.05) is 5.32 Å². The van der Waals surface area contributed by atoms with Gasteiger partial charge in [-0.2, -0.15) is 26.3 Å². The Labute approximate surface area is 202 Å². The van der Waals surface area contributed by atoms with Crippen LogP contribution in [0.2, 0.25) is 0 Å². The number of hydrogen-bond acceptors (Lipinski definition) is 2. The average molecular weight is 502 g/mol. The zero-order valence-electron chi connectivity index (χ0n) is 19.1. The van der Waals surface area contributed by atoms with Gasteiger partial charge in [0, 0.05) is 22.8 Å². The monoisotopic (exact) mass is 502 g/mol. The van der Waals surface area contributed by atoms with Gasteiger partial charge in [-0.05, 0) is 61.4 Å². The van der Waals surface area contributed by atoms with Crippen molar-refractivity contribution < 1.29 is 31.1 Å². The molecule has 0 bridgehead atoms. The predicted octanol–water partition coefficient (Wildman–Crippen LogP) is 7.86. The van der Waals surface area contributed by atoms with E-state index in [9.17, 15) is 31.1 Å². The number of hydrogen-bond donors (Lipinski definition) is 1. The van der Waals surface area contributed by atoms with Gasteiger partial charge in [0.2, 0.25) is 5.91 Å². The number of rotatable bonds is 4. The topological polar surface area (TPSA) is 42.0 Å². The molecule has 0 unspecified atom stereocenters. The first-order valence-corrected chi connectivity index (χ1v) is 10.8. The van der Waals surface area contributed by atoms with E-state index in [4.69, 9.17) is 0 Å². The summed E-state index contributed by atoms with van der Waals surface area (Å²) in [4.78, 5) is 17.7. The first kappa shape index (κ1) is 25.2. The number of nitrogens with one attached hydrogen (secondary N) is 1. The summed E-state index contributed by atoms with van der Waals surface area (Å²) in [6, 6.07) is 17.1. The molecule has 0 fully saturated rings. The maximum Gasteiger partial charge on any atom is 0.416 e. The Balaban J connectivity index is 1.81. The second-order valence-corrected chi connectivity index (χ2v) is 8.80. The molecule has 0 spiro atoms. The highest BCUT2D eigenvalue weighted by molar-refractivity contribution is 6.07. The number of carbonyl (C=O) groups excluding carboxylic acids is 1. The van der Waals surface area contributed by atoms with Gasteiger partial charge in [-0.3, -0.25) is 9.78 Å². The smallest absolute Gasteiger partial charge is 0.325 e. The minimum Gasteiger partial charge on any atom is -0.325 e. The second kappa shape index (κ2) is 8.96. The molecule has 186 valence electrons. The molecule has 0 aliphatic carbocycles. The maximum absolute atomic E-state index is 13.4. The molecule has 1 N–H and O–H groups in total. The van der Waals surface area contributed by atoms with Crippen LogP contribution in [0.4, 0.5) is 32.0 Å². The van der Waals surface area contributed by atoms with Crippen molar-refractivity contribution in [2.45, 2.75) is 31.6 Å². The van der Waals surface area contributed by atoms with E-state index in [0.717, 1.165) is 10.9 Å². The Kier molecular flexibility index (Phi) is 6.28. The standard InChI is InChI=1S/C27H20F6N2O/c1-25(2,17-13-18(26(28,29)30)15-19(14-17)27(31,32)33)24(36)35-22-11-10-21-20(9-6-12-34-21)23(22)16-7-4-3-5-8-16/h3-15H,1-2H3,(H,35,36). The summed E-state index contributed by atoms with van der Waals surface area (Å²) >= 11 is 0. The minimum atomic E-state index is -5.02. The molecule has 4 rings (SSSR count). The highest BCUT2D eigenvalue weighted by Gasteiger charge is 2.40. The molecule has 9 heteroatoms. The van der Waals surface area contributed by atoms with Crippen LogP contribution in [0.1, 0.15) is 30.5 Å². The SMILES string of the molecule is CC(C)(C(=O)Nc1ccc2ncccc2c1-c1ccccc1)c1cc(C(F)(F)F)cc(C(F)(F)F)c1. The van der Waals surface area contributed by atoms with E-state index in [1.54, 1.807) is 36.5 Å². The summed E-state index contributed by atoms with van der Waals surface area (Å²) in [5, 5.41) is 3.45. The number of carbonyl (C=O) groups is 1. The number of pyridine rings is 1. The largest absolute Gasteiger partial charge is 0.416 e. The minimum absolute atomic E-state index is 0.0430. The van der Waals surface area contributed by atoms with Crippen LogP contribution in [-0.2, 0) is 22.6 Å². The van der Waals surface area contributed by atoms with E-state index in [0.29, 0.717) is 28.9 Å². The molecule has 0 saturated heterocycles. The van der Waals surface area contributed by atoms with Crippen LogP contribution < -0.4 is 5.32 Å². The lowest BCUT2D eigenvalue weighted by Gasteiger charge is -2.27. The van der Waals surface area contributed by atoms with Crippen LogP contribution in [0, 0.1) is 0 Å². The van der Waals surface area contributed by atoms with Gasteiger partial charge in [0.05, 0.1) is 22.1 Å². The number of amides is 1. The zero-order chi connectivity index (χ0) is 26.3. The second-order valence-electron chi connectivity index (χ2n) is 8.80. The van der Waals surface area contributed by atoms with Crippen molar-refractivity contribution >= 4 is 22.5 Å². The molecule has 1 aromatic heterocycles. The lowest BCUT2D eigenvalue weighted by molar-refractivity contribution is -0.143. The lowest BCUT2D eigenvalue weighted by atomic mass is 9.81. The third kappa shape index (κ3) is 4.91. The summed E-state index contributed by atoms with van der Waals surface area (Å²) < 4.78 is 80.3. The Morgan fingerprint density at radius 3 is 1.92 bits per heavy atom. The van der Waals surface area contributed by atoms with Gasteiger partial charge in [-0.15, -0.1) is 0 Å². The highest BCUT2D eigenvalue weighted by atomic mass is 19.4. The molecular formula is C27H20F6N2O. The number of nitrogens with zero attached hydrogens (tertiary/aromatic N) is 1. The van der Waals surface area contributed by atoms with Gasteiger partial charge >= 0.3 is 12.4 Å². The third-order valence-electron chi connectivity index (χ3n) is 5.97. The number of alkyl halides is 6. The maximum atomic E-state index is 13.4. The van der Waals surface area contributed by atoms with Gasteiger partial charge in [0.25, 0.3) is 0 Å². The third-order valence-corrected chi connectivity index (χ3v) is 5.97. The molecule has 1 heterocycles. The number of halogens is 6. The molecule has 0 atom stereocenters. The van der Waals surface area contributed by atoms with Crippen molar-refractivity contribution in [3.63, 3.8) is 0 Å². The van der Waals surface area contributed by atoms with Crippen LogP contribution in [0.5, 0.6) is 0 Å². The van der Waals surface area contributed by atoms with Crippen molar-refractivity contribution in [2.24, 2.45) is 0 Å². The van der Waals surface area contributed by atoms with Gasteiger partial charge in [-0.1, -0.05) is 36.4 Å². The Morgan fingerprint density at radius 1 is 0.750 bits per heavy atom. The van der Waals surface area contributed by atoms with Gasteiger partial charge in [0.1, 0.15) is 0 Å². The number of anilines is 1. The molecule has 3 nitrogen and oxygen atoms in total. The normalized spacial score (nSPS) is 12.6. The van der Waals surface area contributed by atoms with E-state index >= 15 is 0 Å². The van der Waals surface area contributed by atoms with Crippen LogP contribution in [-0.4, -0.2) is 10.9 Å². The van der Waals surface area contributed by atoms with Gasteiger partial charge in [-0.25, -0.2) is 0 Å². The molecule has 1 amide bonds. The molecule has 3 aromatic carbocycles. The molecular weight excluding hydrogens is 482 g/mol. The van der Waals surface area contributed by atoms with Gasteiger partial charge in [0.15, 0.2) is 0 Å². The highest BCUT2D eigenvalue weighted by Crippen LogP contribution is 2.40. The van der Waals surface area contributed by atoms with Crippen molar-refractivity contribution in [3.8, 4) is 11.1 Å². The zero-order valence-corrected chi connectivity index (χ0v) is 19.1. The van der Waals surface area contributed by atoms with Crippen molar-refractivity contribution in [1.29, 1.82) is 0 Å². The molecule has 0 radical (unpaired) electrons. The van der Waals surface area contributed by atoms with E-state index in [1.165, 1.54) is 13.8 Å². The summed E-state index contributed by atoms with van der Waals surface area (Å²) in [5.74, 6) is -0.768. The number of fused-ring (bicyclic) bond motifs is 1. The summed E-state index contributed by atoms with van der Waals surface area (Å²) in [6.07, 6.45) is -8.42.